The van der Waals surface area contributed by atoms with Gasteiger partial charge < -0.3 is 9.47 Å². The third kappa shape index (κ3) is 4.55. The van der Waals surface area contributed by atoms with E-state index in [4.69, 9.17) is 19.6 Å². The van der Waals surface area contributed by atoms with E-state index in [1.807, 2.05) is 96.7 Å². The smallest absolute Gasteiger partial charge is 0.226 e. The van der Waals surface area contributed by atoms with Crippen molar-refractivity contribution in [2.24, 2.45) is 7.05 Å². The molecule has 0 saturated heterocycles. The van der Waals surface area contributed by atoms with Gasteiger partial charge >= 0.3 is 0 Å². The summed E-state index contributed by atoms with van der Waals surface area (Å²) < 4.78 is 14.1. The summed E-state index contributed by atoms with van der Waals surface area (Å²) in [5, 5.41) is 5.82. The van der Waals surface area contributed by atoms with E-state index in [0.29, 0.717) is 25.0 Å². The third-order valence-electron chi connectivity index (χ3n) is 5.65. The summed E-state index contributed by atoms with van der Waals surface area (Å²) in [6.07, 6.45) is 1.83. The molecule has 168 valence electrons. The second kappa shape index (κ2) is 9.63. The first-order valence-electron chi connectivity index (χ1n) is 11.2. The third-order valence-corrected chi connectivity index (χ3v) is 5.65. The quantitative estimate of drug-likeness (QED) is 0.275. The highest BCUT2D eigenvalue weighted by atomic mass is 16.5. The largest absolute Gasteiger partial charge is 0.473 e. The van der Waals surface area contributed by atoms with Crippen LogP contribution >= 0.6 is 0 Å². The lowest BCUT2D eigenvalue weighted by atomic mass is 10.1. The average molecular weight is 448 g/mol. The Morgan fingerprint density at radius 2 is 1.50 bits per heavy atom. The topological polar surface area (TPSA) is 49.2 Å². The molecule has 0 amide bonds. The van der Waals surface area contributed by atoms with Crippen molar-refractivity contribution in [3.05, 3.63) is 114 Å². The fourth-order valence-corrected chi connectivity index (χ4v) is 3.85. The first kappa shape index (κ1) is 21.5. The molecule has 0 radical (unpaired) electrons. The molecule has 0 aliphatic carbocycles. The van der Waals surface area contributed by atoms with Crippen molar-refractivity contribution in [1.29, 1.82) is 0 Å². The molecule has 5 nitrogen and oxygen atoms in total. The number of aryl methyl sites for hydroxylation is 1. The van der Waals surface area contributed by atoms with Crippen LogP contribution in [-0.4, -0.2) is 14.8 Å². The fraction of sp³-hybridized carbons (Fsp3) is 0.103. The number of pyridine rings is 1. The zero-order valence-electron chi connectivity index (χ0n) is 19.0. The average Bonchev–Trinajstić information content (AvgIpc) is 3.22. The number of hydrogen-bond donors (Lipinski definition) is 0. The Morgan fingerprint density at radius 3 is 2.18 bits per heavy atom. The van der Waals surface area contributed by atoms with Crippen molar-refractivity contribution in [1.82, 2.24) is 14.8 Å². The van der Waals surface area contributed by atoms with Crippen LogP contribution in [0.25, 0.3) is 28.2 Å². The van der Waals surface area contributed by atoms with E-state index in [1.165, 1.54) is 0 Å². The predicted molar refractivity (Wildman–Crippen MR) is 136 cm³/mol. The summed E-state index contributed by atoms with van der Waals surface area (Å²) in [5.74, 6) is 0.993. The number of aromatic nitrogens is 3. The van der Waals surface area contributed by atoms with Gasteiger partial charge in [0.1, 0.15) is 18.9 Å². The molecule has 0 saturated carbocycles. The van der Waals surface area contributed by atoms with Crippen LogP contribution in [0.2, 0.25) is 0 Å². The van der Waals surface area contributed by atoms with Gasteiger partial charge in [0.05, 0.1) is 11.1 Å². The molecule has 2 heterocycles. The minimum Gasteiger partial charge on any atom is -0.473 e. The van der Waals surface area contributed by atoms with Crippen molar-refractivity contribution in [2.75, 3.05) is 0 Å². The monoisotopic (exact) mass is 447 g/mol. The van der Waals surface area contributed by atoms with Gasteiger partial charge in [-0.1, -0.05) is 79.4 Å². The van der Waals surface area contributed by atoms with Crippen molar-refractivity contribution >= 4 is 17.0 Å². The minimum atomic E-state index is 0.397. The normalized spacial score (nSPS) is 10.9. The molecule has 0 spiro atoms. The first-order valence-corrected chi connectivity index (χ1v) is 11.2. The zero-order valence-corrected chi connectivity index (χ0v) is 19.0. The molecule has 0 N–H and O–H groups in total. The molecule has 0 fully saturated rings. The Bertz CT molecular complexity index is 1430. The van der Waals surface area contributed by atoms with Gasteiger partial charge in [-0.25, -0.2) is 0 Å². The number of benzene rings is 3. The maximum absolute atomic E-state index is 6.22. The van der Waals surface area contributed by atoms with E-state index >= 15 is 0 Å². The highest BCUT2D eigenvalue weighted by Gasteiger charge is 2.18. The van der Waals surface area contributed by atoms with Crippen LogP contribution in [0.5, 0.6) is 11.8 Å². The molecular formula is C29H25N3O2. The number of ether oxygens (including phenoxy) is 2. The van der Waals surface area contributed by atoms with E-state index in [1.54, 1.807) is 0 Å². The first-order chi connectivity index (χ1) is 16.7. The van der Waals surface area contributed by atoms with Crippen LogP contribution in [0.15, 0.2) is 97.6 Å². The minimum absolute atomic E-state index is 0.397. The summed E-state index contributed by atoms with van der Waals surface area (Å²) >= 11 is 0. The van der Waals surface area contributed by atoms with Crippen LogP contribution in [-0.2, 0) is 20.3 Å². The lowest BCUT2D eigenvalue weighted by Gasteiger charge is -2.12. The van der Waals surface area contributed by atoms with Crippen LogP contribution in [0.1, 0.15) is 16.7 Å². The second-order valence-electron chi connectivity index (χ2n) is 8.00. The molecule has 34 heavy (non-hydrogen) atoms. The molecular weight excluding hydrogens is 422 g/mol. The van der Waals surface area contributed by atoms with Crippen LogP contribution in [0.3, 0.4) is 0 Å². The van der Waals surface area contributed by atoms with E-state index < -0.39 is 0 Å². The van der Waals surface area contributed by atoms with Gasteiger partial charge in [-0.15, -0.1) is 0 Å². The second-order valence-corrected chi connectivity index (χ2v) is 8.00. The summed E-state index contributed by atoms with van der Waals surface area (Å²) in [4.78, 5) is 4.72. The maximum Gasteiger partial charge on any atom is 0.226 e. The SMILES string of the molecule is C=Cc1ccc2c(-c3ccc(OCc4ccccc4)nc3OCc3ccccc3)nn(C)c2c1. The van der Waals surface area contributed by atoms with E-state index in [-0.39, 0.29) is 0 Å². The Morgan fingerprint density at radius 1 is 0.824 bits per heavy atom. The van der Waals surface area contributed by atoms with E-state index in [0.717, 1.165) is 38.9 Å². The molecule has 2 aromatic heterocycles. The van der Waals surface area contributed by atoms with Gasteiger partial charge in [0.15, 0.2) is 0 Å². The Kier molecular flexibility index (Phi) is 6.08. The Balaban J connectivity index is 1.51. The van der Waals surface area contributed by atoms with Gasteiger partial charge in [0.2, 0.25) is 11.8 Å². The zero-order chi connectivity index (χ0) is 23.3. The van der Waals surface area contributed by atoms with Crippen LogP contribution in [0, 0.1) is 0 Å². The van der Waals surface area contributed by atoms with Gasteiger partial charge in [0, 0.05) is 18.5 Å². The van der Waals surface area contributed by atoms with E-state index in [9.17, 15) is 0 Å². The number of hydrogen-bond acceptors (Lipinski definition) is 4. The van der Waals surface area contributed by atoms with Crippen molar-refractivity contribution in [3.8, 4) is 23.0 Å². The van der Waals surface area contributed by atoms with Crippen molar-refractivity contribution in [2.45, 2.75) is 13.2 Å². The molecule has 0 aliphatic rings. The standard InChI is InChI=1S/C29H25N3O2/c1-3-21-14-15-24-26(18-21)32(2)31-28(24)25-16-17-27(33-19-22-10-6-4-7-11-22)30-29(25)34-20-23-12-8-5-9-13-23/h3-18H,1,19-20H2,2H3. The summed E-state index contributed by atoms with van der Waals surface area (Å²) in [5.41, 5.74) is 5.84. The Labute approximate surface area is 198 Å². The molecule has 5 aromatic rings. The molecule has 5 heteroatoms. The van der Waals surface area contributed by atoms with Gasteiger partial charge in [0.25, 0.3) is 0 Å². The highest BCUT2D eigenvalue weighted by molar-refractivity contribution is 5.95. The Hall–Kier alpha value is -4.38. The van der Waals surface area contributed by atoms with Crippen molar-refractivity contribution < 1.29 is 9.47 Å². The molecule has 0 unspecified atom stereocenters. The highest BCUT2D eigenvalue weighted by Crippen LogP contribution is 2.35. The molecule has 0 bridgehead atoms. The van der Waals surface area contributed by atoms with E-state index in [2.05, 4.69) is 18.7 Å². The van der Waals surface area contributed by atoms with Crippen molar-refractivity contribution in [3.63, 3.8) is 0 Å². The summed E-state index contributed by atoms with van der Waals surface area (Å²) in [7, 11) is 1.94. The number of rotatable bonds is 8. The molecule has 0 atom stereocenters. The van der Waals surface area contributed by atoms with Gasteiger partial charge in [-0.3, -0.25) is 4.68 Å². The lowest BCUT2D eigenvalue weighted by Crippen LogP contribution is -2.02. The predicted octanol–water partition coefficient (Wildman–Crippen LogP) is 6.44. The van der Waals surface area contributed by atoms with Crippen LogP contribution in [0.4, 0.5) is 0 Å². The van der Waals surface area contributed by atoms with Gasteiger partial charge in [-0.05, 0) is 34.9 Å². The molecule has 3 aromatic carbocycles. The van der Waals surface area contributed by atoms with Crippen LogP contribution < -0.4 is 9.47 Å². The maximum atomic E-state index is 6.22. The molecule has 0 aliphatic heterocycles. The number of fused-ring (bicyclic) bond motifs is 1. The summed E-state index contributed by atoms with van der Waals surface area (Å²) in [6, 6.07) is 30.1. The fourth-order valence-electron chi connectivity index (χ4n) is 3.85. The summed E-state index contributed by atoms with van der Waals surface area (Å²) in [6.45, 7) is 4.70. The van der Waals surface area contributed by atoms with Gasteiger partial charge in [-0.2, -0.15) is 10.1 Å². The lowest BCUT2D eigenvalue weighted by molar-refractivity contribution is 0.268. The number of nitrogens with zero attached hydrogens (tertiary/aromatic N) is 3. The molecule has 5 rings (SSSR count).